The Hall–Kier alpha value is -3.58. The Labute approximate surface area is 164 Å². The molecule has 4 nitrogen and oxygen atoms in total. The van der Waals surface area contributed by atoms with Crippen LogP contribution in [0.4, 0.5) is 5.69 Å². The highest BCUT2D eigenvalue weighted by atomic mass is 16.4. The molecule has 138 valence electrons. The molecule has 0 unspecified atom stereocenters. The first-order valence-corrected chi connectivity index (χ1v) is 9.39. The molecule has 0 spiro atoms. The van der Waals surface area contributed by atoms with Gasteiger partial charge in [0.05, 0.1) is 17.2 Å². The summed E-state index contributed by atoms with van der Waals surface area (Å²) in [5, 5.41) is 21.0. The van der Waals surface area contributed by atoms with Crippen molar-refractivity contribution in [1.82, 2.24) is 0 Å². The predicted octanol–water partition coefficient (Wildman–Crippen LogP) is 5.20. The molecular formula is C24H20N2O2. The second-order valence-electron chi connectivity index (χ2n) is 6.97. The molecule has 1 N–H and O–H groups in total. The predicted molar refractivity (Wildman–Crippen MR) is 112 cm³/mol. The van der Waals surface area contributed by atoms with E-state index in [-0.39, 0.29) is 5.56 Å². The minimum atomic E-state index is -0.975. The van der Waals surface area contributed by atoms with Gasteiger partial charge in [0, 0.05) is 24.2 Å². The number of carbonyl (C=O) groups is 1. The van der Waals surface area contributed by atoms with E-state index < -0.39 is 5.97 Å². The summed E-state index contributed by atoms with van der Waals surface area (Å²) in [6.07, 6.45) is 4.33. The van der Waals surface area contributed by atoms with Gasteiger partial charge in [-0.25, -0.2) is 4.79 Å². The van der Waals surface area contributed by atoms with Crippen LogP contribution in [0.2, 0.25) is 0 Å². The van der Waals surface area contributed by atoms with Crippen molar-refractivity contribution in [1.29, 1.82) is 5.26 Å². The van der Waals surface area contributed by atoms with Crippen LogP contribution in [-0.4, -0.2) is 24.2 Å². The molecular weight excluding hydrogens is 348 g/mol. The summed E-state index contributed by atoms with van der Waals surface area (Å²) < 4.78 is 0. The summed E-state index contributed by atoms with van der Waals surface area (Å²) in [4.78, 5) is 13.5. The lowest BCUT2D eigenvalue weighted by Gasteiger charge is -2.20. The molecule has 0 saturated carbocycles. The molecule has 0 amide bonds. The zero-order valence-electron chi connectivity index (χ0n) is 15.4. The first kappa shape index (κ1) is 17.8. The maximum absolute atomic E-state index is 11.0. The summed E-state index contributed by atoms with van der Waals surface area (Å²) in [5.41, 5.74) is 3.66. The van der Waals surface area contributed by atoms with E-state index in [4.69, 9.17) is 5.11 Å². The SMILES string of the molecule is N#C/C(=C/c1ccc(N2CCCC2)c2ccccc12)c1ccc(C(=O)O)cc1. The topological polar surface area (TPSA) is 64.3 Å². The minimum Gasteiger partial charge on any atom is -0.478 e. The third-order valence-corrected chi connectivity index (χ3v) is 5.24. The van der Waals surface area contributed by atoms with Crippen molar-refractivity contribution in [3.63, 3.8) is 0 Å². The standard InChI is InChI=1S/C24H20N2O2/c25-16-20(17-7-9-18(10-8-17)24(27)28)15-19-11-12-23(26-13-3-4-14-26)22-6-2-1-5-21(19)22/h1-2,5-12,15H,3-4,13-14H2,(H,27,28)/b20-15-. The first-order chi connectivity index (χ1) is 13.7. The van der Waals surface area contributed by atoms with Gasteiger partial charge in [-0.3, -0.25) is 0 Å². The number of carboxylic acids is 1. The van der Waals surface area contributed by atoms with Crippen LogP contribution in [0.1, 0.15) is 34.3 Å². The zero-order valence-corrected chi connectivity index (χ0v) is 15.4. The Balaban J connectivity index is 1.78. The molecule has 1 aliphatic rings. The Morgan fingerprint density at radius 1 is 0.929 bits per heavy atom. The number of nitriles is 1. The first-order valence-electron chi connectivity index (χ1n) is 9.39. The smallest absolute Gasteiger partial charge is 0.335 e. The van der Waals surface area contributed by atoms with Crippen molar-refractivity contribution < 1.29 is 9.90 Å². The number of benzene rings is 3. The summed E-state index contributed by atoms with van der Waals surface area (Å²) in [6.45, 7) is 2.16. The van der Waals surface area contributed by atoms with E-state index in [1.54, 1.807) is 12.1 Å². The second-order valence-corrected chi connectivity index (χ2v) is 6.97. The van der Waals surface area contributed by atoms with Gasteiger partial charge in [-0.05, 0) is 53.6 Å². The Kier molecular flexibility index (Phi) is 4.82. The van der Waals surface area contributed by atoms with Crippen molar-refractivity contribution in [2.75, 3.05) is 18.0 Å². The van der Waals surface area contributed by atoms with Crippen molar-refractivity contribution in [2.45, 2.75) is 12.8 Å². The summed E-state index contributed by atoms with van der Waals surface area (Å²) in [5.74, 6) is -0.975. The number of anilines is 1. The second kappa shape index (κ2) is 7.58. The molecule has 1 fully saturated rings. The molecule has 3 aromatic rings. The summed E-state index contributed by atoms with van der Waals surface area (Å²) >= 11 is 0. The van der Waals surface area contributed by atoms with Crippen LogP contribution >= 0.6 is 0 Å². The van der Waals surface area contributed by atoms with Crippen LogP contribution in [0.3, 0.4) is 0 Å². The van der Waals surface area contributed by atoms with Gasteiger partial charge in [-0.2, -0.15) is 5.26 Å². The van der Waals surface area contributed by atoms with E-state index in [1.807, 2.05) is 18.2 Å². The van der Waals surface area contributed by atoms with Crippen LogP contribution in [0.5, 0.6) is 0 Å². The molecule has 28 heavy (non-hydrogen) atoms. The number of aromatic carboxylic acids is 1. The molecule has 0 atom stereocenters. The van der Waals surface area contributed by atoms with Crippen LogP contribution < -0.4 is 4.90 Å². The van der Waals surface area contributed by atoms with Gasteiger partial charge in [0.2, 0.25) is 0 Å². The Morgan fingerprint density at radius 2 is 1.57 bits per heavy atom. The normalized spacial score (nSPS) is 14.2. The molecule has 4 heteroatoms. The van der Waals surface area contributed by atoms with E-state index in [9.17, 15) is 10.1 Å². The quantitative estimate of drug-likeness (QED) is 0.508. The number of hydrogen-bond donors (Lipinski definition) is 1. The average Bonchev–Trinajstić information content (AvgIpc) is 3.26. The van der Waals surface area contributed by atoms with Crippen molar-refractivity contribution in [3.05, 3.63) is 77.4 Å². The minimum absolute atomic E-state index is 0.210. The summed E-state index contributed by atoms with van der Waals surface area (Å²) in [6, 6.07) is 21.2. The Bertz CT molecular complexity index is 1100. The van der Waals surface area contributed by atoms with Crippen molar-refractivity contribution in [2.24, 2.45) is 0 Å². The van der Waals surface area contributed by atoms with Crippen LogP contribution in [-0.2, 0) is 0 Å². The van der Waals surface area contributed by atoms with Gasteiger partial charge in [-0.15, -0.1) is 0 Å². The molecule has 4 rings (SSSR count). The number of allylic oxidation sites excluding steroid dienone is 1. The maximum Gasteiger partial charge on any atom is 0.335 e. The fraction of sp³-hybridized carbons (Fsp3) is 0.167. The van der Waals surface area contributed by atoms with Crippen LogP contribution in [0, 0.1) is 11.3 Å². The number of rotatable bonds is 4. The number of fused-ring (bicyclic) bond motifs is 1. The van der Waals surface area contributed by atoms with Gasteiger partial charge in [0.25, 0.3) is 0 Å². The zero-order chi connectivity index (χ0) is 19.5. The van der Waals surface area contributed by atoms with Crippen molar-refractivity contribution in [3.8, 4) is 6.07 Å². The number of hydrogen-bond acceptors (Lipinski definition) is 3. The van der Waals surface area contributed by atoms with Gasteiger partial charge in [0.1, 0.15) is 0 Å². The molecule has 1 heterocycles. The van der Waals surface area contributed by atoms with Gasteiger partial charge >= 0.3 is 5.97 Å². The highest BCUT2D eigenvalue weighted by Gasteiger charge is 2.16. The fourth-order valence-corrected chi connectivity index (χ4v) is 3.79. The third-order valence-electron chi connectivity index (χ3n) is 5.24. The van der Waals surface area contributed by atoms with Crippen molar-refractivity contribution >= 4 is 34.1 Å². The van der Waals surface area contributed by atoms with Crippen LogP contribution in [0.15, 0.2) is 60.7 Å². The average molecular weight is 368 g/mol. The molecule has 0 bridgehead atoms. The van der Waals surface area contributed by atoms with E-state index in [0.29, 0.717) is 11.1 Å². The van der Waals surface area contributed by atoms with E-state index in [2.05, 4.69) is 35.2 Å². The van der Waals surface area contributed by atoms with E-state index in [0.717, 1.165) is 24.0 Å². The van der Waals surface area contributed by atoms with Crippen LogP contribution in [0.25, 0.3) is 22.4 Å². The molecule has 1 saturated heterocycles. The molecule has 0 aromatic heterocycles. The maximum atomic E-state index is 11.0. The number of nitrogens with zero attached hydrogens (tertiary/aromatic N) is 2. The highest BCUT2D eigenvalue weighted by Crippen LogP contribution is 2.33. The molecule has 0 radical (unpaired) electrons. The lowest BCUT2D eigenvalue weighted by Crippen LogP contribution is -2.17. The summed E-state index contributed by atoms with van der Waals surface area (Å²) in [7, 11) is 0. The van der Waals surface area contributed by atoms with E-state index in [1.165, 1.54) is 36.0 Å². The Morgan fingerprint density at radius 3 is 2.21 bits per heavy atom. The largest absolute Gasteiger partial charge is 0.478 e. The molecule has 0 aliphatic carbocycles. The van der Waals surface area contributed by atoms with Gasteiger partial charge in [0.15, 0.2) is 0 Å². The molecule has 3 aromatic carbocycles. The van der Waals surface area contributed by atoms with E-state index >= 15 is 0 Å². The lowest BCUT2D eigenvalue weighted by molar-refractivity contribution is 0.0697. The lowest BCUT2D eigenvalue weighted by atomic mass is 9.98. The fourth-order valence-electron chi connectivity index (χ4n) is 3.79. The van der Waals surface area contributed by atoms with Gasteiger partial charge < -0.3 is 10.0 Å². The van der Waals surface area contributed by atoms with Gasteiger partial charge in [-0.1, -0.05) is 42.5 Å². The molecule has 1 aliphatic heterocycles. The highest BCUT2D eigenvalue weighted by molar-refractivity contribution is 6.03. The number of carboxylic acid groups (broad SMARTS) is 1. The monoisotopic (exact) mass is 368 g/mol. The third kappa shape index (κ3) is 3.35.